The Bertz CT molecular complexity index is 299. The van der Waals surface area contributed by atoms with Crippen LogP contribution in [-0.4, -0.2) is 9.81 Å². The Kier molecular flexibility index (Phi) is 2.63. The SMILES string of the molecule is Fc1cccnc1CC(Br)C1CC1. The van der Waals surface area contributed by atoms with Crippen LogP contribution in [0.2, 0.25) is 0 Å². The molecule has 1 aliphatic rings. The lowest BCUT2D eigenvalue weighted by molar-refractivity contribution is 0.589. The molecule has 2 rings (SSSR count). The number of rotatable bonds is 3. The molecule has 0 radical (unpaired) electrons. The van der Waals surface area contributed by atoms with Gasteiger partial charge in [0.05, 0.1) is 5.69 Å². The Morgan fingerprint density at radius 1 is 1.62 bits per heavy atom. The van der Waals surface area contributed by atoms with Gasteiger partial charge in [0.25, 0.3) is 0 Å². The monoisotopic (exact) mass is 243 g/mol. The number of halogens is 2. The topological polar surface area (TPSA) is 12.9 Å². The summed E-state index contributed by atoms with van der Waals surface area (Å²) >= 11 is 3.57. The predicted molar refractivity (Wildman–Crippen MR) is 53.3 cm³/mol. The van der Waals surface area contributed by atoms with Crippen LogP contribution in [0.5, 0.6) is 0 Å². The average molecular weight is 244 g/mol. The van der Waals surface area contributed by atoms with Crippen LogP contribution in [0.25, 0.3) is 0 Å². The summed E-state index contributed by atoms with van der Waals surface area (Å²) in [6.45, 7) is 0. The maximum absolute atomic E-state index is 13.2. The minimum atomic E-state index is -0.187. The fourth-order valence-electron chi connectivity index (χ4n) is 1.38. The zero-order chi connectivity index (χ0) is 9.26. The molecule has 0 bridgehead atoms. The lowest BCUT2D eigenvalue weighted by atomic mass is 10.1. The summed E-state index contributed by atoms with van der Waals surface area (Å²) in [5, 5.41) is 0. The standard InChI is InChI=1S/C10H11BrFN/c11-8(7-3-4-7)6-10-9(12)2-1-5-13-10/h1-2,5,7-8H,3-4,6H2. The number of pyridine rings is 1. The second kappa shape index (κ2) is 3.74. The normalized spacial score (nSPS) is 18.6. The first-order valence-corrected chi connectivity index (χ1v) is 5.42. The molecule has 1 aliphatic carbocycles. The van der Waals surface area contributed by atoms with E-state index >= 15 is 0 Å². The fourth-order valence-corrected chi connectivity index (χ4v) is 2.21. The molecule has 3 heteroatoms. The van der Waals surface area contributed by atoms with Crippen molar-refractivity contribution in [3.8, 4) is 0 Å². The summed E-state index contributed by atoms with van der Waals surface area (Å²) in [7, 11) is 0. The van der Waals surface area contributed by atoms with Crippen molar-refractivity contribution in [2.75, 3.05) is 0 Å². The van der Waals surface area contributed by atoms with Gasteiger partial charge in [0.2, 0.25) is 0 Å². The molecule has 0 saturated heterocycles. The van der Waals surface area contributed by atoms with E-state index < -0.39 is 0 Å². The molecule has 0 aliphatic heterocycles. The second-order valence-corrected chi connectivity index (χ2v) is 4.67. The van der Waals surface area contributed by atoms with Crippen molar-refractivity contribution in [2.45, 2.75) is 24.1 Å². The highest BCUT2D eigenvalue weighted by Crippen LogP contribution is 2.38. The van der Waals surface area contributed by atoms with Gasteiger partial charge in [0.1, 0.15) is 5.82 Å². The van der Waals surface area contributed by atoms with Gasteiger partial charge >= 0.3 is 0 Å². The van der Waals surface area contributed by atoms with Crippen molar-refractivity contribution in [1.82, 2.24) is 4.98 Å². The molecule has 1 nitrogen and oxygen atoms in total. The minimum Gasteiger partial charge on any atom is -0.258 e. The van der Waals surface area contributed by atoms with E-state index in [1.54, 1.807) is 12.3 Å². The zero-order valence-corrected chi connectivity index (χ0v) is 8.80. The molecule has 1 heterocycles. The molecule has 0 amide bonds. The van der Waals surface area contributed by atoms with Gasteiger partial charge in [0, 0.05) is 17.4 Å². The van der Waals surface area contributed by atoms with Gasteiger partial charge in [-0.15, -0.1) is 0 Å². The van der Waals surface area contributed by atoms with E-state index in [1.165, 1.54) is 18.9 Å². The third-order valence-corrected chi connectivity index (χ3v) is 3.43. The molecule has 1 atom stereocenters. The molecule has 1 aromatic heterocycles. The number of hydrogen-bond donors (Lipinski definition) is 0. The van der Waals surface area contributed by atoms with E-state index in [4.69, 9.17) is 0 Å². The van der Waals surface area contributed by atoms with Crippen LogP contribution in [0.3, 0.4) is 0 Å². The van der Waals surface area contributed by atoms with Gasteiger partial charge in [-0.25, -0.2) is 4.39 Å². The summed E-state index contributed by atoms with van der Waals surface area (Å²) in [4.78, 5) is 4.42. The molecule has 70 valence electrons. The summed E-state index contributed by atoms with van der Waals surface area (Å²) < 4.78 is 13.2. The van der Waals surface area contributed by atoms with Crippen molar-refractivity contribution in [2.24, 2.45) is 5.92 Å². The minimum absolute atomic E-state index is 0.187. The Morgan fingerprint density at radius 3 is 3.00 bits per heavy atom. The molecule has 13 heavy (non-hydrogen) atoms. The number of aromatic nitrogens is 1. The molecular weight excluding hydrogens is 233 g/mol. The first kappa shape index (κ1) is 9.13. The molecule has 1 aromatic rings. The van der Waals surface area contributed by atoms with Crippen LogP contribution in [0.4, 0.5) is 4.39 Å². The lowest BCUT2D eigenvalue weighted by Gasteiger charge is -2.07. The zero-order valence-electron chi connectivity index (χ0n) is 7.21. The van der Waals surface area contributed by atoms with Crippen molar-refractivity contribution in [3.05, 3.63) is 29.8 Å². The Hall–Kier alpha value is -0.440. The van der Waals surface area contributed by atoms with E-state index in [1.807, 2.05) is 0 Å². The van der Waals surface area contributed by atoms with Crippen LogP contribution in [0.1, 0.15) is 18.5 Å². The van der Waals surface area contributed by atoms with E-state index in [-0.39, 0.29) is 5.82 Å². The van der Waals surface area contributed by atoms with E-state index in [2.05, 4.69) is 20.9 Å². The molecule has 1 unspecified atom stereocenters. The highest BCUT2D eigenvalue weighted by molar-refractivity contribution is 9.09. The van der Waals surface area contributed by atoms with Crippen molar-refractivity contribution < 1.29 is 4.39 Å². The highest BCUT2D eigenvalue weighted by Gasteiger charge is 2.29. The first-order valence-electron chi connectivity index (χ1n) is 4.51. The van der Waals surface area contributed by atoms with Crippen molar-refractivity contribution >= 4 is 15.9 Å². The predicted octanol–water partition coefficient (Wildman–Crippen LogP) is 2.94. The second-order valence-electron chi connectivity index (χ2n) is 3.49. The number of hydrogen-bond acceptors (Lipinski definition) is 1. The van der Waals surface area contributed by atoms with Crippen molar-refractivity contribution in [1.29, 1.82) is 0 Å². The van der Waals surface area contributed by atoms with Crippen LogP contribution < -0.4 is 0 Å². The summed E-state index contributed by atoms with van der Waals surface area (Å²) in [5.41, 5.74) is 0.580. The molecule has 1 saturated carbocycles. The van der Waals surface area contributed by atoms with Crippen molar-refractivity contribution in [3.63, 3.8) is 0 Å². The van der Waals surface area contributed by atoms with Gasteiger partial charge < -0.3 is 0 Å². The summed E-state index contributed by atoms with van der Waals surface area (Å²) in [6, 6.07) is 3.09. The average Bonchev–Trinajstić information content (AvgIpc) is 2.91. The van der Waals surface area contributed by atoms with Gasteiger partial charge in [-0.1, -0.05) is 15.9 Å². The third-order valence-electron chi connectivity index (χ3n) is 2.36. The third kappa shape index (κ3) is 2.27. The van der Waals surface area contributed by atoms with Crippen LogP contribution in [0.15, 0.2) is 18.3 Å². The molecule has 0 N–H and O–H groups in total. The first-order chi connectivity index (χ1) is 6.27. The Labute approximate surface area is 85.5 Å². The van der Waals surface area contributed by atoms with Gasteiger partial charge in [-0.2, -0.15) is 0 Å². The largest absolute Gasteiger partial charge is 0.258 e. The fraction of sp³-hybridized carbons (Fsp3) is 0.500. The number of nitrogens with zero attached hydrogens (tertiary/aromatic N) is 1. The maximum Gasteiger partial charge on any atom is 0.144 e. The Morgan fingerprint density at radius 2 is 2.38 bits per heavy atom. The van der Waals surface area contributed by atoms with Gasteiger partial charge in [-0.3, -0.25) is 4.98 Å². The van der Waals surface area contributed by atoms with Gasteiger partial charge in [0.15, 0.2) is 0 Å². The van der Waals surface area contributed by atoms with E-state index in [9.17, 15) is 4.39 Å². The number of alkyl halides is 1. The molecule has 0 aromatic carbocycles. The summed E-state index contributed by atoms with van der Waals surface area (Å²) in [5.74, 6) is 0.550. The van der Waals surface area contributed by atoms with Gasteiger partial charge in [-0.05, 0) is 30.9 Å². The summed E-state index contributed by atoms with van der Waals surface area (Å²) in [6.07, 6.45) is 4.89. The van der Waals surface area contributed by atoms with E-state index in [0.717, 1.165) is 5.92 Å². The molecule has 0 spiro atoms. The maximum atomic E-state index is 13.2. The highest BCUT2D eigenvalue weighted by atomic mass is 79.9. The molecular formula is C10H11BrFN. The van der Waals surface area contributed by atoms with Crippen LogP contribution >= 0.6 is 15.9 Å². The molecule has 1 fully saturated rings. The van der Waals surface area contributed by atoms with Crippen LogP contribution in [-0.2, 0) is 6.42 Å². The Balaban J connectivity index is 2.03. The van der Waals surface area contributed by atoms with E-state index in [0.29, 0.717) is 16.9 Å². The van der Waals surface area contributed by atoms with Crippen LogP contribution in [0, 0.1) is 11.7 Å². The lowest BCUT2D eigenvalue weighted by Crippen LogP contribution is -2.08. The quantitative estimate of drug-likeness (QED) is 0.745. The smallest absolute Gasteiger partial charge is 0.144 e.